The van der Waals surface area contributed by atoms with E-state index in [1.54, 1.807) is 0 Å². The molecule has 3 rings (SSSR count). The van der Waals surface area contributed by atoms with Crippen LogP contribution in [0.15, 0.2) is 60.7 Å². The number of rotatable bonds is 6. The monoisotopic (exact) mass is 425 g/mol. The Bertz CT molecular complexity index is 676. The summed E-state index contributed by atoms with van der Waals surface area (Å²) < 4.78 is 5.27. The Morgan fingerprint density at radius 1 is 0.621 bits per heavy atom. The van der Waals surface area contributed by atoms with Crippen molar-refractivity contribution in [3.63, 3.8) is 0 Å². The third-order valence-electron chi connectivity index (χ3n) is 5.62. The van der Waals surface area contributed by atoms with Gasteiger partial charge in [0.05, 0.1) is 0 Å². The van der Waals surface area contributed by atoms with E-state index in [4.69, 9.17) is 9.96 Å². The molecule has 29 heavy (non-hydrogen) atoms. The fourth-order valence-corrected chi connectivity index (χ4v) is 8.35. The fourth-order valence-electron chi connectivity index (χ4n) is 3.89. The molecule has 7 heteroatoms. The van der Waals surface area contributed by atoms with E-state index in [1.807, 2.05) is 0 Å². The summed E-state index contributed by atoms with van der Waals surface area (Å²) in [5, 5.41) is 3.64. The molecular weight excluding hydrogens is 390 g/mol. The summed E-state index contributed by atoms with van der Waals surface area (Å²) in [6.07, 6.45) is 0. The molecule has 1 N–H and O–H groups in total. The lowest BCUT2D eigenvalue weighted by Crippen LogP contribution is -2.55. The minimum absolute atomic E-state index is 1.02. The van der Waals surface area contributed by atoms with Crippen molar-refractivity contribution in [2.45, 2.75) is 26.2 Å². The number of benzene rings is 2. The van der Waals surface area contributed by atoms with Gasteiger partial charge in [-0.05, 0) is 0 Å². The zero-order valence-corrected chi connectivity index (χ0v) is 20.3. The molecule has 1 aliphatic heterocycles. The molecule has 158 valence electrons. The zero-order valence-electron chi connectivity index (χ0n) is 18.3. The van der Waals surface area contributed by atoms with Crippen molar-refractivity contribution in [2.75, 3.05) is 39.3 Å². The second-order valence-electron chi connectivity index (χ2n) is 8.61. The molecule has 0 aromatic heterocycles. The van der Waals surface area contributed by atoms with Gasteiger partial charge in [-0.3, -0.25) is 0 Å². The smallest absolute Gasteiger partial charge is 0.0301 e. The van der Waals surface area contributed by atoms with Crippen molar-refractivity contribution in [2.24, 2.45) is 0 Å². The lowest BCUT2D eigenvalue weighted by molar-refractivity contribution is 0.369. The zero-order chi connectivity index (χ0) is 20.7. The molecule has 0 bridgehead atoms. The predicted octanol–water partition coefficient (Wildman–Crippen LogP) is 5.01. The summed E-state index contributed by atoms with van der Waals surface area (Å²) in [6, 6.07) is 20.9. The summed E-state index contributed by atoms with van der Waals surface area (Å²) in [4.78, 5) is 10.4. The second-order valence-corrected chi connectivity index (χ2v) is 16.3. The highest BCUT2D eigenvalue weighted by Gasteiger charge is 2.25. The normalized spacial score (nSPS) is 17.8. The maximum Gasteiger partial charge on any atom is 0.0301 e. The van der Waals surface area contributed by atoms with Crippen LogP contribution in [-0.4, -0.2) is 65.2 Å². The Morgan fingerprint density at radius 2 is 1.00 bits per heavy atom. The molecule has 0 unspecified atom stereocenters. The SMILES string of the molecule is C[Si](C)([N-]c1ccccc1)N1CCNCCN([Si](C)(C)[N-]c2ccccc2)CC1. The van der Waals surface area contributed by atoms with E-state index in [9.17, 15) is 0 Å². The highest BCUT2D eigenvalue weighted by molar-refractivity contribution is 6.81. The summed E-state index contributed by atoms with van der Waals surface area (Å²) in [5.41, 5.74) is 2.20. The van der Waals surface area contributed by atoms with E-state index in [-0.39, 0.29) is 0 Å². The van der Waals surface area contributed by atoms with Crippen LogP contribution in [0.4, 0.5) is 11.4 Å². The van der Waals surface area contributed by atoms with E-state index in [0.717, 1.165) is 50.6 Å². The maximum absolute atomic E-state index is 5.18. The van der Waals surface area contributed by atoms with Gasteiger partial charge < -0.3 is 24.4 Å². The Balaban J connectivity index is 1.68. The standard InChI is InChI=1S/C22H35N5Si2/c1-28(2,24-21-11-7-5-8-12-21)26-17-15-23-16-18-27(20-19-26)29(3,4)25-22-13-9-6-10-14-22/h5-14,23H,15-20H2,1-4H3/q-2. The van der Waals surface area contributed by atoms with Crippen LogP contribution in [-0.2, 0) is 0 Å². The molecule has 5 nitrogen and oxygen atoms in total. The fraction of sp³-hybridized carbons (Fsp3) is 0.455. The van der Waals surface area contributed by atoms with Crippen molar-refractivity contribution in [1.82, 2.24) is 14.4 Å². The van der Waals surface area contributed by atoms with Gasteiger partial charge in [0.1, 0.15) is 0 Å². The highest BCUT2D eigenvalue weighted by atomic mass is 28.4. The Morgan fingerprint density at radius 3 is 1.38 bits per heavy atom. The van der Waals surface area contributed by atoms with Gasteiger partial charge >= 0.3 is 0 Å². The number of nitrogens with one attached hydrogen (secondary N) is 1. The molecule has 1 aliphatic rings. The van der Waals surface area contributed by atoms with E-state index < -0.39 is 16.8 Å². The number of hydrogen-bond donors (Lipinski definition) is 1. The molecule has 0 aliphatic carbocycles. The maximum atomic E-state index is 5.18. The predicted molar refractivity (Wildman–Crippen MR) is 130 cm³/mol. The van der Waals surface area contributed by atoms with Crippen molar-refractivity contribution < 1.29 is 0 Å². The first-order chi connectivity index (χ1) is 13.9. The Kier molecular flexibility index (Phi) is 7.53. The van der Waals surface area contributed by atoms with Gasteiger partial charge in [-0.15, -0.1) is 11.4 Å². The summed E-state index contributed by atoms with van der Waals surface area (Å²) in [6.45, 7) is 15.7. The lowest BCUT2D eigenvalue weighted by Gasteiger charge is -2.52. The topological polar surface area (TPSA) is 46.7 Å². The second kappa shape index (κ2) is 9.91. The highest BCUT2D eigenvalue weighted by Crippen LogP contribution is 2.30. The molecule has 1 fully saturated rings. The molecule has 2 aromatic rings. The van der Waals surface area contributed by atoms with Gasteiger partial charge in [-0.1, -0.05) is 86.9 Å². The van der Waals surface area contributed by atoms with Crippen LogP contribution in [0.1, 0.15) is 0 Å². The van der Waals surface area contributed by atoms with Gasteiger partial charge in [0.2, 0.25) is 0 Å². The molecule has 2 aromatic carbocycles. The molecular formula is C22H35N5Si2-2. The van der Waals surface area contributed by atoms with Crippen LogP contribution in [0.5, 0.6) is 0 Å². The molecule has 1 heterocycles. The first-order valence-electron chi connectivity index (χ1n) is 10.6. The average molecular weight is 426 g/mol. The summed E-state index contributed by atoms with van der Waals surface area (Å²) in [7, 11) is -3.81. The van der Waals surface area contributed by atoms with E-state index in [0.29, 0.717) is 0 Å². The van der Waals surface area contributed by atoms with Crippen LogP contribution >= 0.6 is 0 Å². The van der Waals surface area contributed by atoms with Gasteiger partial charge in [-0.2, -0.15) is 0 Å². The van der Waals surface area contributed by atoms with Gasteiger partial charge in [-0.25, -0.2) is 0 Å². The minimum atomic E-state index is -1.91. The van der Waals surface area contributed by atoms with Crippen LogP contribution in [0.2, 0.25) is 26.2 Å². The number of nitrogens with zero attached hydrogens (tertiary/aromatic N) is 4. The molecule has 0 atom stereocenters. The first kappa shape index (κ1) is 22.0. The van der Waals surface area contributed by atoms with Crippen molar-refractivity contribution in [1.29, 1.82) is 0 Å². The molecule has 0 spiro atoms. The van der Waals surface area contributed by atoms with Crippen LogP contribution in [0.3, 0.4) is 0 Å². The lowest BCUT2D eigenvalue weighted by atomic mass is 10.3. The van der Waals surface area contributed by atoms with Crippen molar-refractivity contribution in [3.8, 4) is 0 Å². The van der Waals surface area contributed by atoms with E-state index in [2.05, 4.69) is 101 Å². The largest absolute Gasteiger partial charge is 0.675 e. The molecule has 0 amide bonds. The third-order valence-corrected chi connectivity index (χ3v) is 11.2. The molecule has 0 radical (unpaired) electrons. The minimum Gasteiger partial charge on any atom is -0.675 e. The van der Waals surface area contributed by atoms with Crippen LogP contribution < -0.4 is 5.32 Å². The number of hydrogen-bond acceptors (Lipinski definition) is 3. The molecule has 1 saturated heterocycles. The summed E-state index contributed by atoms with van der Waals surface area (Å²) in [5.74, 6) is 0. The van der Waals surface area contributed by atoms with Crippen molar-refractivity contribution in [3.05, 3.63) is 70.6 Å². The Labute approximate surface area is 178 Å². The van der Waals surface area contributed by atoms with Crippen LogP contribution in [0.25, 0.3) is 9.96 Å². The van der Waals surface area contributed by atoms with Crippen molar-refractivity contribution >= 4 is 28.2 Å². The quantitative estimate of drug-likeness (QED) is 0.662. The average Bonchev–Trinajstić information content (AvgIpc) is 2.81. The van der Waals surface area contributed by atoms with Gasteiger partial charge in [0.15, 0.2) is 0 Å². The van der Waals surface area contributed by atoms with Gasteiger partial charge in [0, 0.05) is 56.1 Å². The van der Waals surface area contributed by atoms with Gasteiger partial charge in [0.25, 0.3) is 0 Å². The van der Waals surface area contributed by atoms with E-state index in [1.165, 1.54) is 0 Å². The summed E-state index contributed by atoms with van der Waals surface area (Å²) >= 11 is 0. The Hall–Kier alpha value is -1.65. The van der Waals surface area contributed by atoms with E-state index >= 15 is 0 Å². The third kappa shape index (κ3) is 6.42. The molecule has 0 saturated carbocycles. The first-order valence-corrected chi connectivity index (χ1v) is 16.4. The van der Waals surface area contributed by atoms with Crippen LogP contribution in [0, 0.1) is 0 Å².